The predicted octanol–water partition coefficient (Wildman–Crippen LogP) is 1.93. The van der Waals surface area contributed by atoms with Crippen molar-refractivity contribution in [2.24, 2.45) is 0 Å². The number of aryl methyl sites for hydroxylation is 2. The lowest BCUT2D eigenvalue weighted by atomic mass is 10.1. The molecule has 1 aliphatic heterocycles. The van der Waals surface area contributed by atoms with Gasteiger partial charge < -0.3 is 19.3 Å². The van der Waals surface area contributed by atoms with Crippen molar-refractivity contribution in [1.29, 1.82) is 0 Å². The van der Waals surface area contributed by atoms with Crippen molar-refractivity contribution < 1.29 is 18.8 Å². The van der Waals surface area contributed by atoms with E-state index in [-0.39, 0.29) is 12.0 Å². The van der Waals surface area contributed by atoms with Gasteiger partial charge in [0.1, 0.15) is 5.76 Å². The fourth-order valence-corrected chi connectivity index (χ4v) is 2.58. The molecule has 1 saturated heterocycles. The Bertz CT molecular complexity index is 447. The molecule has 2 rings (SSSR count). The third-order valence-corrected chi connectivity index (χ3v) is 3.90. The van der Waals surface area contributed by atoms with Crippen molar-refractivity contribution in [2.45, 2.75) is 52.1 Å². The summed E-state index contributed by atoms with van der Waals surface area (Å²) in [6.45, 7) is 6.60. The van der Waals surface area contributed by atoms with E-state index in [1.165, 1.54) is 0 Å². The molecular weight excluding hydrogens is 284 g/mol. The van der Waals surface area contributed by atoms with E-state index in [1.54, 1.807) is 0 Å². The summed E-state index contributed by atoms with van der Waals surface area (Å²) in [6, 6.07) is 0. The maximum atomic E-state index is 11.8. The van der Waals surface area contributed by atoms with E-state index in [0.29, 0.717) is 32.6 Å². The molecule has 6 heteroatoms. The molecule has 124 valence electrons. The van der Waals surface area contributed by atoms with E-state index in [1.807, 2.05) is 13.8 Å². The van der Waals surface area contributed by atoms with Crippen LogP contribution in [0, 0.1) is 13.8 Å². The Morgan fingerprint density at radius 1 is 1.45 bits per heavy atom. The summed E-state index contributed by atoms with van der Waals surface area (Å²) in [6.07, 6.45) is 4.45. The number of ether oxygens (including phenoxy) is 2. The first-order valence-electron chi connectivity index (χ1n) is 8.04. The van der Waals surface area contributed by atoms with Crippen LogP contribution in [0.25, 0.3) is 0 Å². The zero-order valence-corrected chi connectivity index (χ0v) is 13.5. The molecule has 22 heavy (non-hydrogen) atoms. The number of nitrogens with zero attached hydrogens (tertiary/aromatic N) is 1. The summed E-state index contributed by atoms with van der Waals surface area (Å²) < 4.78 is 16.1. The van der Waals surface area contributed by atoms with Crippen molar-refractivity contribution in [3.63, 3.8) is 0 Å². The van der Waals surface area contributed by atoms with E-state index in [4.69, 9.17) is 14.0 Å². The second kappa shape index (κ2) is 8.90. The number of hydrogen-bond donors (Lipinski definition) is 1. The first-order valence-corrected chi connectivity index (χ1v) is 8.04. The van der Waals surface area contributed by atoms with Gasteiger partial charge in [0.05, 0.1) is 18.4 Å². The maximum absolute atomic E-state index is 11.8. The number of carbonyl (C=O) groups is 1. The normalized spacial score (nSPS) is 17.8. The van der Waals surface area contributed by atoms with Crippen molar-refractivity contribution >= 4 is 5.91 Å². The zero-order valence-electron chi connectivity index (χ0n) is 13.5. The standard InChI is InChI=1S/C16H26N2O4/c1-12-15(13(2)22-18-12)6-7-16(19)17-8-4-9-20-11-14-5-3-10-21-14/h14H,3-11H2,1-2H3,(H,17,19). The first-order chi connectivity index (χ1) is 10.7. The highest BCUT2D eigenvalue weighted by atomic mass is 16.5. The Labute approximate surface area is 131 Å². The van der Waals surface area contributed by atoms with Gasteiger partial charge in [0, 0.05) is 31.7 Å². The lowest BCUT2D eigenvalue weighted by Gasteiger charge is -2.10. The van der Waals surface area contributed by atoms with Crippen LogP contribution in [-0.2, 0) is 20.7 Å². The van der Waals surface area contributed by atoms with Crippen molar-refractivity contribution in [1.82, 2.24) is 10.5 Å². The summed E-state index contributed by atoms with van der Waals surface area (Å²) in [5.74, 6) is 0.854. The quantitative estimate of drug-likeness (QED) is 0.705. The molecule has 0 saturated carbocycles. The SMILES string of the molecule is Cc1noc(C)c1CCC(=O)NCCCOCC1CCCO1. The van der Waals surface area contributed by atoms with Crippen LogP contribution in [0.2, 0.25) is 0 Å². The molecule has 2 heterocycles. The van der Waals surface area contributed by atoms with Gasteiger partial charge in [-0.2, -0.15) is 0 Å². The molecule has 0 bridgehead atoms. The van der Waals surface area contributed by atoms with Crippen molar-refractivity contribution in [3.05, 3.63) is 17.0 Å². The van der Waals surface area contributed by atoms with Crippen LogP contribution >= 0.6 is 0 Å². The Hall–Kier alpha value is -1.40. The molecule has 1 unspecified atom stereocenters. The number of carbonyl (C=O) groups excluding carboxylic acids is 1. The summed E-state index contributed by atoms with van der Waals surface area (Å²) in [4.78, 5) is 11.8. The van der Waals surface area contributed by atoms with Crippen molar-refractivity contribution in [2.75, 3.05) is 26.4 Å². The van der Waals surface area contributed by atoms with Crippen LogP contribution in [0.5, 0.6) is 0 Å². The van der Waals surface area contributed by atoms with E-state index >= 15 is 0 Å². The second-order valence-corrected chi connectivity index (χ2v) is 5.72. The minimum Gasteiger partial charge on any atom is -0.379 e. The van der Waals surface area contributed by atoms with E-state index in [2.05, 4.69) is 10.5 Å². The molecule has 1 aromatic heterocycles. The summed E-state index contributed by atoms with van der Waals surface area (Å²) in [5.41, 5.74) is 1.91. The van der Waals surface area contributed by atoms with Gasteiger partial charge in [0.25, 0.3) is 0 Å². The van der Waals surface area contributed by atoms with Gasteiger partial charge >= 0.3 is 0 Å². The lowest BCUT2D eigenvalue weighted by Crippen LogP contribution is -2.26. The van der Waals surface area contributed by atoms with E-state index in [0.717, 1.165) is 42.9 Å². The highest BCUT2D eigenvalue weighted by molar-refractivity contribution is 5.76. The Morgan fingerprint density at radius 3 is 3.00 bits per heavy atom. The predicted molar refractivity (Wildman–Crippen MR) is 81.7 cm³/mol. The van der Waals surface area contributed by atoms with Gasteiger partial charge in [-0.3, -0.25) is 4.79 Å². The summed E-state index contributed by atoms with van der Waals surface area (Å²) >= 11 is 0. The average Bonchev–Trinajstić information content (AvgIpc) is 3.12. The fourth-order valence-electron chi connectivity index (χ4n) is 2.58. The molecule has 0 spiro atoms. The van der Waals surface area contributed by atoms with Gasteiger partial charge in [-0.15, -0.1) is 0 Å². The third-order valence-electron chi connectivity index (χ3n) is 3.90. The largest absolute Gasteiger partial charge is 0.379 e. The first kappa shape index (κ1) is 17.0. The average molecular weight is 310 g/mol. The van der Waals surface area contributed by atoms with Gasteiger partial charge in [0.15, 0.2) is 0 Å². The maximum Gasteiger partial charge on any atom is 0.220 e. The van der Waals surface area contributed by atoms with Crippen LogP contribution in [-0.4, -0.2) is 43.5 Å². The van der Waals surface area contributed by atoms with Crippen LogP contribution in [0.15, 0.2) is 4.52 Å². The summed E-state index contributed by atoms with van der Waals surface area (Å²) in [5, 5.41) is 6.80. The molecule has 1 N–H and O–H groups in total. The van der Waals surface area contributed by atoms with E-state index in [9.17, 15) is 4.79 Å². The van der Waals surface area contributed by atoms with Gasteiger partial charge in [-0.05, 0) is 39.5 Å². The molecule has 1 fully saturated rings. The topological polar surface area (TPSA) is 73.6 Å². The van der Waals surface area contributed by atoms with Crippen LogP contribution in [0.4, 0.5) is 0 Å². The molecule has 1 atom stereocenters. The smallest absolute Gasteiger partial charge is 0.220 e. The second-order valence-electron chi connectivity index (χ2n) is 5.72. The zero-order chi connectivity index (χ0) is 15.8. The number of rotatable bonds is 9. The highest BCUT2D eigenvalue weighted by Gasteiger charge is 2.15. The van der Waals surface area contributed by atoms with Gasteiger partial charge in [-0.1, -0.05) is 5.16 Å². The molecule has 0 aliphatic carbocycles. The Balaban J connectivity index is 1.49. The monoisotopic (exact) mass is 310 g/mol. The van der Waals surface area contributed by atoms with Crippen LogP contribution in [0.1, 0.15) is 42.7 Å². The number of hydrogen-bond acceptors (Lipinski definition) is 5. The fraction of sp³-hybridized carbons (Fsp3) is 0.750. The van der Waals surface area contributed by atoms with Gasteiger partial charge in [-0.25, -0.2) is 0 Å². The number of aromatic nitrogens is 1. The third kappa shape index (κ3) is 5.42. The molecule has 1 amide bonds. The molecule has 6 nitrogen and oxygen atoms in total. The summed E-state index contributed by atoms with van der Waals surface area (Å²) in [7, 11) is 0. The van der Waals surface area contributed by atoms with E-state index < -0.39 is 0 Å². The Morgan fingerprint density at radius 2 is 2.32 bits per heavy atom. The molecular formula is C16H26N2O4. The van der Waals surface area contributed by atoms with Crippen LogP contribution in [0.3, 0.4) is 0 Å². The highest BCUT2D eigenvalue weighted by Crippen LogP contribution is 2.14. The Kier molecular flexibility index (Phi) is 6.86. The molecule has 0 radical (unpaired) electrons. The number of amides is 1. The van der Waals surface area contributed by atoms with Crippen molar-refractivity contribution in [3.8, 4) is 0 Å². The van der Waals surface area contributed by atoms with Crippen LogP contribution < -0.4 is 5.32 Å². The molecule has 1 aliphatic rings. The molecule has 1 aromatic rings. The lowest BCUT2D eigenvalue weighted by molar-refractivity contribution is -0.121. The minimum absolute atomic E-state index is 0.0547. The molecule has 0 aromatic carbocycles. The minimum atomic E-state index is 0.0547. The van der Waals surface area contributed by atoms with Gasteiger partial charge in [0.2, 0.25) is 5.91 Å². The number of nitrogens with one attached hydrogen (secondary N) is 1.